The summed E-state index contributed by atoms with van der Waals surface area (Å²) in [7, 11) is 4.80. The van der Waals surface area contributed by atoms with Crippen LogP contribution in [0.25, 0.3) is 5.65 Å². The number of imidazole rings is 1. The minimum atomic E-state index is -0.516. The molecule has 0 radical (unpaired) electrons. The Labute approximate surface area is 189 Å². The second-order valence-electron chi connectivity index (χ2n) is 7.53. The number of fused-ring (bicyclic) bond motifs is 1. The van der Waals surface area contributed by atoms with Gasteiger partial charge in [-0.15, -0.1) is 0 Å². The molecule has 0 fully saturated rings. The lowest BCUT2D eigenvalue weighted by atomic mass is 10.2. The molecular formula is C24H24N4O5. The Kier molecular flexibility index (Phi) is 6.03. The molecule has 0 spiro atoms. The summed E-state index contributed by atoms with van der Waals surface area (Å²) < 4.78 is 14.3. The number of hydrogen-bond acceptors (Lipinski definition) is 5. The highest BCUT2D eigenvalue weighted by Crippen LogP contribution is 2.13. The van der Waals surface area contributed by atoms with E-state index in [-0.39, 0.29) is 18.1 Å². The number of aryl methyl sites for hydroxylation is 1. The fourth-order valence-electron chi connectivity index (χ4n) is 3.58. The number of rotatable bonds is 7. The first-order chi connectivity index (χ1) is 15.9. The van der Waals surface area contributed by atoms with Crippen LogP contribution in [0, 0.1) is 0 Å². The molecule has 4 aromatic rings. The molecule has 1 N–H and O–H groups in total. The zero-order chi connectivity index (χ0) is 23.5. The summed E-state index contributed by atoms with van der Waals surface area (Å²) in [6.45, 7) is 0.419. The third-order valence-electron chi connectivity index (χ3n) is 5.50. The number of benzene rings is 2. The number of carbonyl (C=O) groups is 1. The predicted octanol–water partition coefficient (Wildman–Crippen LogP) is 1.80. The standard InChI is InChI=1S/C24H24N4O5/c1-26-20(23(30)25-13-16-4-8-18(32-2)9-5-16)15-27-21(26)12-22(29)28(24(27)31)14-17-6-10-19(33-3)11-7-17/h4-12,15H,13-14H2,1-3H3,(H,25,30). The van der Waals surface area contributed by atoms with Crippen LogP contribution < -0.4 is 26.0 Å². The van der Waals surface area contributed by atoms with E-state index in [0.29, 0.717) is 17.9 Å². The van der Waals surface area contributed by atoms with Crippen LogP contribution in [-0.2, 0) is 20.1 Å². The van der Waals surface area contributed by atoms with Crippen molar-refractivity contribution in [3.63, 3.8) is 0 Å². The van der Waals surface area contributed by atoms with Crippen molar-refractivity contribution in [3.05, 3.63) is 98.5 Å². The number of amides is 1. The van der Waals surface area contributed by atoms with Crippen molar-refractivity contribution in [1.29, 1.82) is 0 Å². The van der Waals surface area contributed by atoms with Gasteiger partial charge in [0.1, 0.15) is 22.8 Å². The number of methoxy groups -OCH3 is 2. The molecule has 2 heterocycles. The van der Waals surface area contributed by atoms with Crippen molar-refractivity contribution in [2.24, 2.45) is 7.05 Å². The van der Waals surface area contributed by atoms with Crippen LogP contribution in [0.15, 0.2) is 70.4 Å². The molecule has 2 aromatic carbocycles. The average Bonchev–Trinajstić information content (AvgIpc) is 3.17. The quantitative estimate of drug-likeness (QED) is 0.465. The third-order valence-corrected chi connectivity index (χ3v) is 5.50. The van der Waals surface area contributed by atoms with Gasteiger partial charge in [-0.05, 0) is 35.4 Å². The third kappa shape index (κ3) is 4.38. The van der Waals surface area contributed by atoms with Gasteiger partial charge in [-0.2, -0.15) is 0 Å². The molecular weight excluding hydrogens is 424 g/mol. The van der Waals surface area contributed by atoms with Gasteiger partial charge in [0, 0.05) is 25.9 Å². The van der Waals surface area contributed by atoms with Gasteiger partial charge in [-0.25, -0.2) is 4.79 Å². The summed E-state index contributed by atoms with van der Waals surface area (Å²) in [6, 6.07) is 15.8. The first kappa shape index (κ1) is 21.9. The van der Waals surface area contributed by atoms with Gasteiger partial charge in [0.05, 0.1) is 20.8 Å². The van der Waals surface area contributed by atoms with Gasteiger partial charge in [0.25, 0.3) is 11.5 Å². The molecule has 170 valence electrons. The van der Waals surface area contributed by atoms with Crippen LogP contribution in [0.3, 0.4) is 0 Å². The largest absolute Gasteiger partial charge is 0.497 e. The summed E-state index contributed by atoms with van der Waals surface area (Å²) in [5, 5.41) is 2.84. The fourth-order valence-corrected chi connectivity index (χ4v) is 3.58. The van der Waals surface area contributed by atoms with E-state index in [2.05, 4.69) is 5.32 Å². The van der Waals surface area contributed by atoms with E-state index in [4.69, 9.17) is 9.47 Å². The number of aromatic nitrogens is 3. The average molecular weight is 448 g/mol. The van der Waals surface area contributed by atoms with Crippen LogP contribution in [0.2, 0.25) is 0 Å². The zero-order valence-electron chi connectivity index (χ0n) is 18.6. The van der Waals surface area contributed by atoms with Crippen molar-refractivity contribution in [2.45, 2.75) is 13.1 Å². The van der Waals surface area contributed by atoms with Crippen molar-refractivity contribution < 1.29 is 14.3 Å². The smallest absolute Gasteiger partial charge is 0.337 e. The van der Waals surface area contributed by atoms with Gasteiger partial charge < -0.3 is 19.4 Å². The Balaban J connectivity index is 1.60. The molecule has 9 heteroatoms. The van der Waals surface area contributed by atoms with Gasteiger partial charge in [0.2, 0.25) is 0 Å². The van der Waals surface area contributed by atoms with Crippen LogP contribution >= 0.6 is 0 Å². The molecule has 33 heavy (non-hydrogen) atoms. The van der Waals surface area contributed by atoms with Gasteiger partial charge in [0.15, 0.2) is 0 Å². The lowest BCUT2D eigenvalue weighted by Gasteiger charge is -2.08. The van der Waals surface area contributed by atoms with E-state index < -0.39 is 11.2 Å². The topological polar surface area (TPSA) is 96.0 Å². The highest BCUT2D eigenvalue weighted by atomic mass is 16.5. The fraction of sp³-hybridized carbons (Fsp3) is 0.208. The Hall–Kier alpha value is -4.27. The van der Waals surface area contributed by atoms with Gasteiger partial charge in [-0.1, -0.05) is 24.3 Å². The van der Waals surface area contributed by atoms with Crippen LogP contribution in [-0.4, -0.2) is 33.7 Å². The molecule has 0 aliphatic heterocycles. The maximum atomic E-state index is 13.0. The predicted molar refractivity (Wildman–Crippen MR) is 123 cm³/mol. The Morgan fingerprint density at radius 3 is 2.06 bits per heavy atom. The van der Waals surface area contributed by atoms with E-state index >= 15 is 0 Å². The van der Waals surface area contributed by atoms with E-state index in [1.54, 1.807) is 45.5 Å². The van der Waals surface area contributed by atoms with E-state index in [1.165, 1.54) is 21.2 Å². The van der Waals surface area contributed by atoms with Crippen molar-refractivity contribution >= 4 is 11.6 Å². The van der Waals surface area contributed by atoms with E-state index in [0.717, 1.165) is 21.4 Å². The van der Waals surface area contributed by atoms with Crippen LogP contribution in [0.5, 0.6) is 11.5 Å². The second kappa shape index (κ2) is 9.07. The molecule has 0 aliphatic carbocycles. The summed E-state index contributed by atoms with van der Waals surface area (Å²) in [5.74, 6) is 1.06. The summed E-state index contributed by atoms with van der Waals surface area (Å²) in [4.78, 5) is 38.5. The summed E-state index contributed by atoms with van der Waals surface area (Å²) in [5.41, 5.74) is 1.33. The molecule has 0 bridgehead atoms. The lowest BCUT2D eigenvalue weighted by molar-refractivity contribution is 0.0943. The Morgan fingerprint density at radius 2 is 1.48 bits per heavy atom. The second-order valence-corrected chi connectivity index (χ2v) is 7.53. The highest BCUT2D eigenvalue weighted by molar-refractivity contribution is 5.93. The zero-order valence-corrected chi connectivity index (χ0v) is 18.6. The van der Waals surface area contributed by atoms with E-state index in [9.17, 15) is 14.4 Å². The molecule has 0 aliphatic rings. The Morgan fingerprint density at radius 1 is 0.909 bits per heavy atom. The van der Waals surface area contributed by atoms with Crippen LogP contribution in [0.1, 0.15) is 21.6 Å². The molecule has 0 unspecified atom stereocenters. The normalized spacial score (nSPS) is 10.9. The number of nitrogens with zero attached hydrogens (tertiary/aromatic N) is 3. The lowest BCUT2D eigenvalue weighted by Crippen LogP contribution is -2.37. The molecule has 0 atom stereocenters. The summed E-state index contributed by atoms with van der Waals surface area (Å²) in [6.07, 6.45) is 1.45. The van der Waals surface area contributed by atoms with E-state index in [1.807, 2.05) is 24.3 Å². The van der Waals surface area contributed by atoms with Crippen LogP contribution in [0.4, 0.5) is 0 Å². The monoisotopic (exact) mass is 448 g/mol. The molecule has 0 saturated carbocycles. The van der Waals surface area contributed by atoms with Crippen molar-refractivity contribution in [2.75, 3.05) is 14.2 Å². The number of hydrogen-bond donors (Lipinski definition) is 1. The number of carbonyl (C=O) groups excluding carboxylic acids is 1. The molecule has 9 nitrogen and oxygen atoms in total. The number of ether oxygens (including phenoxy) is 2. The molecule has 1 amide bonds. The van der Waals surface area contributed by atoms with Gasteiger partial charge in [-0.3, -0.25) is 18.6 Å². The highest BCUT2D eigenvalue weighted by Gasteiger charge is 2.17. The molecule has 0 saturated heterocycles. The minimum Gasteiger partial charge on any atom is -0.497 e. The summed E-state index contributed by atoms with van der Waals surface area (Å²) >= 11 is 0. The maximum Gasteiger partial charge on any atom is 0.337 e. The van der Waals surface area contributed by atoms with Crippen molar-refractivity contribution in [3.8, 4) is 11.5 Å². The first-order valence-electron chi connectivity index (χ1n) is 10.3. The maximum absolute atomic E-state index is 13.0. The van der Waals surface area contributed by atoms with Gasteiger partial charge >= 0.3 is 5.69 Å². The number of nitrogens with one attached hydrogen (secondary N) is 1. The first-order valence-corrected chi connectivity index (χ1v) is 10.3. The molecule has 2 aromatic heterocycles. The van der Waals surface area contributed by atoms with Crippen molar-refractivity contribution in [1.82, 2.24) is 18.9 Å². The SMILES string of the molecule is COc1ccc(CNC(=O)c2cn3c(=O)n(Cc4ccc(OC)cc4)c(=O)cc3n2C)cc1. The Bertz CT molecular complexity index is 1410. The minimum absolute atomic E-state index is 0.110. The molecule has 4 rings (SSSR count).